The van der Waals surface area contributed by atoms with Crippen molar-refractivity contribution in [2.75, 3.05) is 7.11 Å². The summed E-state index contributed by atoms with van der Waals surface area (Å²) in [4.78, 5) is 0. The van der Waals surface area contributed by atoms with Crippen LogP contribution in [-0.4, -0.2) is 7.11 Å². The number of nitrogens with two attached hydrogens (primary N) is 1. The van der Waals surface area contributed by atoms with E-state index in [0.717, 1.165) is 28.7 Å². The molecule has 18 heavy (non-hydrogen) atoms. The molecule has 0 bridgehead atoms. The van der Waals surface area contributed by atoms with Crippen LogP contribution in [0.3, 0.4) is 0 Å². The Morgan fingerprint density at radius 2 is 2.00 bits per heavy atom. The van der Waals surface area contributed by atoms with Gasteiger partial charge in [0.05, 0.1) is 7.11 Å². The van der Waals surface area contributed by atoms with Crippen LogP contribution in [0.4, 0.5) is 0 Å². The first-order valence-corrected chi connectivity index (χ1v) is 6.09. The summed E-state index contributed by atoms with van der Waals surface area (Å²) in [7, 11) is 1.68. The summed E-state index contributed by atoms with van der Waals surface area (Å²) in [5, 5.41) is 2.34. The number of fused-ring (bicyclic) bond motifs is 1. The minimum Gasteiger partial charge on any atom is -0.496 e. The lowest BCUT2D eigenvalue weighted by Gasteiger charge is -2.18. The fourth-order valence-electron chi connectivity index (χ4n) is 2.31. The lowest BCUT2D eigenvalue weighted by atomic mass is 9.94. The number of hydrogen-bond donors (Lipinski definition) is 1. The molecule has 0 aromatic heterocycles. The van der Waals surface area contributed by atoms with Gasteiger partial charge in [-0.2, -0.15) is 0 Å². The van der Waals surface area contributed by atoms with Gasteiger partial charge in [-0.25, -0.2) is 0 Å². The molecule has 2 heteroatoms. The first kappa shape index (κ1) is 12.7. The molecular weight excluding hydrogens is 222 g/mol. The third-order valence-electron chi connectivity index (χ3n) is 3.09. The van der Waals surface area contributed by atoms with Crippen molar-refractivity contribution in [3.8, 4) is 5.75 Å². The zero-order valence-electron chi connectivity index (χ0n) is 10.9. The Morgan fingerprint density at radius 3 is 2.67 bits per heavy atom. The summed E-state index contributed by atoms with van der Waals surface area (Å²) in [6, 6.07) is 12.2. The predicted molar refractivity (Wildman–Crippen MR) is 76.9 cm³/mol. The van der Waals surface area contributed by atoms with Crippen molar-refractivity contribution < 1.29 is 4.74 Å². The maximum absolute atomic E-state index is 6.30. The molecular formula is C16H19NO. The number of hydrogen-bond acceptors (Lipinski definition) is 2. The quantitative estimate of drug-likeness (QED) is 0.826. The van der Waals surface area contributed by atoms with E-state index < -0.39 is 0 Å². The van der Waals surface area contributed by atoms with E-state index in [1.165, 1.54) is 5.39 Å². The van der Waals surface area contributed by atoms with E-state index in [-0.39, 0.29) is 6.04 Å². The van der Waals surface area contributed by atoms with E-state index in [1.807, 2.05) is 25.1 Å². The second-order valence-electron chi connectivity index (χ2n) is 4.67. The van der Waals surface area contributed by atoms with E-state index in [2.05, 4.69) is 24.8 Å². The molecule has 0 spiro atoms. The number of rotatable bonds is 4. The van der Waals surface area contributed by atoms with Crippen LogP contribution in [0.5, 0.6) is 5.75 Å². The minimum atomic E-state index is -0.0800. The molecule has 0 radical (unpaired) electrons. The van der Waals surface area contributed by atoms with Crippen LogP contribution in [0.1, 0.15) is 24.9 Å². The molecule has 0 heterocycles. The molecule has 2 nitrogen and oxygen atoms in total. The van der Waals surface area contributed by atoms with Gasteiger partial charge in [-0.3, -0.25) is 0 Å². The molecule has 0 saturated heterocycles. The van der Waals surface area contributed by atoms with Crippen molar-refractivity contribution in [2.24, 2.45) is 5.73 Å². The highest BCUT2D eigenvalue weighted by atomic mass is 16.5. The molecule has 2 aromatic carbocycles. The van der Waals surface area contributed by atoms with Gasteiger partial charge in [0, 0.05) is 11.6 Å². The van der Waals surface area contributed by atoms with Crippen LogP contribution in [0, 0.1) is 0 Å². The second-order valence-corrected chi connectivity index (χ2v) is 4.67. The van der Waals surface area contributed by atoms with E-state index >= 15 is 0 Å². The number of ether oxygens (including phenoxy) is 1. The van der Waals surface area contributed by atoms with Gasteiger partial charge >= 0.3 is 0 Å². The molecule has 0 fully saturated rings. The Bertz CT molecular complexity index is 574. The maximum Gasteiger partial charge on any atom is 0.124 e. The lowest BCUT2D eigenvalue weighted by Crippen LogP contribution is -2.12. The van der Waals surface area contributed by atoms with Crippen LogP contribution < -0.4 is 10.5 Å². The van der Waals surface area contributed by atoms with Crippen LogP contribution in [0.25, 0.3) is 10.8 Å². The van der Waals surface area contributed by atoms with Crippen LogP contribution in [0.2, 0.25) is 0 Å². The van der Waals surface area contributed by atoms with Crippen LogP contribution in [-0.2, 0) is 0 Å². The second kappa shape index (κ2) is 5.23. The normalized spacial score (nSPS) is 12.4. The van der Waals surface area contributed by atoms with Crippen molar-refractivity contribution in [3.05, 3.63) is 54.1 Å². The summed E-state index contributed by atoms with van der Waals surface area (Å²) in [5.41, 5.74) is 8.45. The van der Waals surface area contributed by atoms with Gasteiger partial charge in [0.1, 0.15) is 5.75 Å². The predicted octanol–water partition coefficient (Wildman–Crippen LogP) is 3.81. The third-order valence-corrected chi connectivity index (χ3v) is 3.09. The molecule has 0 unspecified atom stereocenters. The molecule has 1 atom stereocenters. The Kier molecular flexibility index (Phi) is 3.68. The van der Waals surface area contributed by atoms with Crippen molar-refractivity contribution in [2.45, 2.75) is 19.4 Å². The fourth-order valence-corrected chi connectivity index (χ4v) is 2.31. The van der Waals surface area contributed by atoms with E-state index in [1.54, 1.807) is 7.11 Å². The summed E-state index contributed by atoms with van der Waals surface area (Å²) in [5.74, 6) is 0.849. The van der Waals surface area contributed by atoms with Gasteiger partial charge in [0.2, 0.25) is 0 Å². The smallest absolute Gasteiger partial charge is 0.124 e. The minimum absolute atomic E-state index is 0.0800. The van der Waals surface area contributed by atoms with Gasteiger partial charge in [0.15, 0.2) is 0 Å². The standard InChI is InChI=1S/C16H19NO/c1-11(2)10-14(17)16-13-7-5-4-6-12(13)8-9-15(16)18-3/h4-9,14H,1,10,17H2,2-3H3/t14-/m1/s1. The van der Waals surface area contributed by atoms with Crippen LogP contribution >= 0.6 is 0 Å². The molecule has 0 aliphatic heterocycles. The van der Waals surface area contributed by atoms with Gasteiger partial charge in [-0.15, -0.1) is 6.58 Å². The molecule has 2 aromatic rings. The topological polar surface area (TPSA) is 35.2 Å². The summed E-state index contributed by atoms with van der Waals surface area (Å²) in [6.45, 7) is 5.93. The zero-order valence-corrected chi connectivity index (χ0v) is 10.9. The number of methoxy groups -OCH3 is 1. The largest absolute Gasteiger partial charge is 0.496 e. The first-order valence-electron chi connectivity index (χ1n) is 6.09. The summed E-state index contributed by atoms with van der Waals surface area (Å²) < 4.78 is 5.45. The Labute approximate surface area is 108 Å². The monoisotopic (exact) mass is 241 g/mol. The number of benzene rings is 2. The van der Waals surface area contributed by atoms with Gasteiger partial charge in [0.25, 0.3) is 0 Å². The average molecular weight is 241 g/mol. The molecule has 2 N–H and O–H groups in total. The zero-order chi connectivity index (χ0) is 13.1. The Balaban J connectivity index is 2.60. The highest BCUT2D eigenvalue weighted by Gasteiger charge is 2.15. The summed E-state index contributed by atoms with van der Waals surface area (Å²) in [6.07, 6.45) is 0.768. The highest BCUT2D eigenvalue weighted by molar-refractivity contribution is 5.88. The Morgan fingerprint density at radius 1 is 1.28 bits per heavy atom. The third kappa shape index (κ3) is 2.39. The SMILES string of the molecule is C=C(C)C[C@@H](N)c1c(OC)ccc2ccccc12. The fraction of sp³-hybridized carbons (Fsp3) is 0.250. The Hall–Kier alpha value is -1.80. The van der Waals surface area contributed by atoms with Gasteiger partial charge in [-0.1, -0.05) is 35.9 Å². The maximum atomic E-state index is 6.30. The molecule has 0 aliphatic rings. The molecule has 94 valence electrons. The molecule has 0 amide bonds. The van der Waals surface area contributed by atoms with Gasteiger partial charge < -0.3 is 10.5 Å². The van der Waals surface area contributed by atoms with E-state index in [4.69, 9.17) is 10.5 Å². The van der Waals surface area contributed by atoms with Crippen LogP contribution in [0.15, 0.2) is 48.6 Å². The first-order chi connectivity index (χ1) is 8.63. The van der Waals surface area contributed by atoms with E-state index in [0.29, 0.717) is 0 Å². The van der Waals surface area contributed by atoms with E-state index in [9.17, 15) is 0 Å². The van der Waals surface area contributed by atoms with Crippen molar-refractivity contribution in [1.29, 1.82) is 0 Å². The average Bonchev–Trinajstić information content (AvgIpc) is 2.36. The van der Waals surface area contributed by atoms with Crippen molar-refractivity contribution >= 4 is 10.8 Å². The lowest BCUT2D eigenvalue weighted by molar-refractivity contribution is 0.406. The summed E-state index contributed by atoms with van der Waals surface area (Å²) >= 11 is 0. The molecule has 0 saturated carbocycles. The molecule has 2 rings (SSSR count). The van der Waals surface area contributed by atoms with Crippen molar-refractivity contribution in [3.63, 3.8) is 0 Å². The molecule has 0 aliphatic carbocycles. The van der Waals surface area contributed by atoms with Crippen molar-refractivity contribution in [1.82, 2.24) is 0 Å². The van der Waals surface area contributed by atoms with Gasteiger partial charge in [-0.05, 0) is 30.2 Å². The highest BCUT2D eigenvalue weighted by Crippen LogP contribution is 2.34.